The maximum absolute atomic E-state index is 12.0. The van der Waals surface area contributed by atoms with E-state index in [0.717, 1.165) is 28.4 Å². The molecule has 7 nitrogen and oxygen atoms in total. The summed E-state index contributed by atoms with van der Waals surface area (Å²) >= 11 is 0. The van der Waals surface area contributed by atoms with E-state index in [2.05, 4.69) is 31.1 Å². The van der Waals surface area contributed by atoms with Crippen LogP contribution in [0.25, 0.3) is 22.6 Å². The van der Waals surface area contributed by atoms with Gasteiger partial charge in [-0.3, -0.25) is 4.40 Å². The summed E-state index contributed by atoms with van der Waals surface area (Å²) in [6, 6.07) is 11.7. The summed E-state index contributed by atoms with van der Waals surface area (Å²) in [6.45, 7) is 6.26. The Morgan fingerprint density at radius 1 is 1.10 bits per heavy atom. The summed E-state index contributed by atoms with van der Waals surface area (Å²) in [5, 5.41) is 3.53. The fourth-order valence-electron chi connectivity index (χ4n) is 3.16. The van der Waals surface area contributed by atoms with Crippen LogP contribution in [-0.4, -0.2) is 37.6 Å². The first-order valence-corrected chi connectivity index (χ1v) is 9.33. The predicted octanol–water partition coefficient (Wildman–Crippen LogP) is 4.18. The van der Waals surface area contributed by atoms with E-state index in [4.69, 9.17) is 9.72 Å². The molecule has 0 spiro atoms. The van der Waals surface area contributed by atoms with Crippen LogP contribution < -0.4 is 5.32 Å². The first-order valence-electron chi connectivity index (χ1n) is 9.33. The molecular formula is C22H23N5O2. The van der Waals surface area contributed by atoms with Crippen molar-refractivity contribution < 1.29 is 9.53 Å². The molecule has 0 aliphatic rings. The zero-order chi connectivity index (χ0) is 20.6. The number of carbonyl (C=O) groups is 1. The summed E-state index contributed by atoms with van der Waals surface area (Å²) < 4.78 is 8.71. The highest BCUT2D eigenvalue weighted by Gasteiger charge is 2.20. The van der Waals surface area contributed by atoms with E-state index in [9.17, 15) is 4.79 Å². The van der Waals surface area contributed by atoms with Gasteiger partial charge in [0, 0.05) is 35.4 Å². The van der Waals surface area contributed by atoms with Crippen LogP contribution in [0.2, 0.25) is 0 Å². The number of carbonyl (C=O) groups excluding carboxylic acids is 1. The average Bonchev–Trinajstić information content (AvgIpc) is 3.35. The summed E-state index contributed by atoms with van der Waals surface area (Å²) in [5.41, 5.74) is 3.84. The Hall–Kier alpha value is -3.61. The van der Waals surface area contributed by atoms with Crippen LogP contribution in [0.15, 0.2) is 61.3 Å². The highest BCUT2D eigenvalue weighted by molar-refractivity contribution is 5.90. The Labute approximate surface area is 169 Å². The van der Waals surface area contributed by atoms with Crippen LogP contribution in [0.5, 0.6) is 0 Å². The number of anilines is 1. The lowest BCUT2D eigenvalue weighted by Gasteiger charge is -2.22. The highest BCUT2D eigenvalue weighted by atomic mass is 16.5. The molecule has 4 aromatic rings. The van der Waals surface area contributed by atoms with E-state index in [1.807, 2.05) is 45.5 Å². The predicted molar refractivity (Wildman–Crippen MR) is 112 cm³/mol. The van der Waals surface area contributed by atoms with Crippen LogP contribution in [0, 0.1) is 0 Å². The van der Waals surface area contributed by atoms with E-state index in [-0.39, 0.29) is 11.5 Å². The molecule has 7 heteroatoms. The number of pyridine rings is 1. The van der Waals surface area contributed by atoms with Crippen molar-refractivity contribution in [3.8, 4) is 16.9 Å². The minimum Gasteiger partial charge on any atom is -0.465 e. The molecular weight excluding hydrogens is 366 g/mol. The zero-order valence-corrected chi connectivity index (χ0v) is 16.9. The lowest BCUT2D eigenvalue weighted by molar-refractivity contribution is 0.0600. The molecule has 0 bridgehead atoms. The number of imidazole rings is 2. The van der Waals surface area contributed by atoms with Gasteiger partial charge in [0.05, 0.1) is 19.0 Å². The molecule has 0 unspecified atom stereocenters. The molecule has 0 saturated carbocycles. The number of aromatic nitrogens is 4. The fraction of sp³-hybridized carbons (Fsp3) is 0.227. The van der Waals surface area contributed by atoms with Crippen molar-refractivity contribution in [2.45, 2.75) is 26.3 Å². The minimum absolute atomic E-state index is 0.192. The van der Waals surface area contributed by atoms with Gasteiger partial charge in [0.25, 0.3) is 0 Å². The third kappa shape index (κ3) is 3.71. The molecule has 0 radical (unpaired) electrons. The first kappa shape index (κ1) is 18.7. The molecule has 3 aromatic heterocycles. The van der Waals surface area contributed by atoms with Crippen molar-refractivity contribution in [3.63, 3.8) is 0 Å². The molecule has 0 atom stereocenters. The van der Waals surface area contributed by atoms with Gasteiger partial charge in [0.15, 0.2) is 0 Å². The van der Waals surface area contributed by atoms with Gasteiger partial charge in [0.1, 0.15) is 17.2 Å². The van der Waals surface area contributed by atoms with Crippen molar-refractivity contribution >= 4 is 17.4 Å². The maximum atomic E-state index is 12.0. The third-order valence-corrected chi connectivity index (χ3v) is 4.48. The summed E-state index contributed by atoms with van der Waals surface area (Å²) in [4.78, 5) is 20.9. The van der Waals surface area contributed by atoms with Gasteiger partial charge in [-0.05, 0) is 45.0 Å². The largest absolute Gasteiger partial charge is 0.465 e. The second kappa shape index (κ2) is 7.09. The molecule has 0 amide bonds. The number of nitrogens with zero attached hydrogens (tertiary/aromatic N) is 4. The molecule has 1 N–H and O–H groups in total. The van der Waals surface area contributed by atoms with Crippen molar-refractivity contribution in [3.05, 3.63) is 66.9 Å². The van der Waals surface area contributed by atoms with Gasteiger partial charge < -0.3 is 14.6 Å². The Bertz CT molecular complexity index is 1150. The highest BCUT2D eigenvalue weighted by Crippen LogP contribution is 2.31. The maximum Gasteiger partial charge on any atom is 0.339 e. The number of hydrogen-bond acceptors (Lipinski definition) is 5. The van der Waals surface area contributed by atoms with E-state index >= 15 is 0 Å². The summed E-state index contributed by atoms with van der Waals surface area (Å²) in [5.74, 6) is 0.446. The van der Waals surface area contributed by atoms with E-state index < -0.39 is 0 Å². The number of esters is 1. The number of methoxy groups -OCH3 is 1. The quantitative estimate of drug-likeness (QED) is 0.530. The van der Waals surface area contributed by atoms with Gasteiger partial charge in [-0.15, -0.1) is 0 Å². The third-order valence-electron chi connectivity index (χ3n) is 4.48. The Morgan fingerprint density at radius 2 is 1.86 bits per heavy atom. The lowest BCUT2D eigenvalue weighted by Crippen LogP contribution is -2.27. The fourth-order valence-corrected chi connectivity index (χ4v) is 3.16. The molecule has 0 aliphatic carbocycles. The number of hydrogen-bond donors (Lipinski definition) is 1. The first-order chi connectivity index (χ1) is 13.9. The number of nitrogens with one attached hydrogen (secondary N) is 1. The molecule has 0 aliphatic heterocycles. The molecule has 0 fully saturated rings. The van der Waals surface area contributed by atoms with Crippen molar-refractivity contribution in [1.29, 1.82) is 0 Å². The number of fused-ring (bicyclic) bond motifs is 1. The monoisotopic (exact) mass is 389 g/mol. The molecule has 29 heavy (non-hydrogen) atoms. The van der Waals surface area contributed by atoms with Gasteiger partial charge in [0.2, 0.25) is 0 Å². The van der Waals surface area contributed by atoms with E-state index in [1.165, 1.54) is 7.11 Å². The van der Waals surface area contributed by atoms with Crippen LogP contribution in [-0.2, 0) is 4.74 Å². The molecule has 1 aromatic carbocycles. The van der Waals surface area contributed by atoms with Crippen LogP contribution in [0.4, 0.5) is 5.82 Å². The van der Waals surface area contributed by atoms with Crippen molar-refractivity contribution in [1.82, 2.24) is 18.9 Å². The molecule has 0 saturated heterocycles. The smallest absolute Gasteiger partial charge is 0.339 e. The average molecular weight is 389 g/mol. The molecule has 4 rings (SSSR count). The van der Waals surface area contributed by atoms with Gasteiger partial charge in [-0.2, -0.15) is 0 Å². The van der Waals surface area contributed by atoms with Crippen molar-refractivity contribution in [2.75, 3.05) is 12.4 Å². The number of benzene rings is 1. The molecule has 148 valence electrons. The van der Waals surface area contributed by atoms with Gasteiger partial charge in [-0.1, -0.05) is 12.1 Å². The van der Waals surface area contributed by atoms with E-state index in [0.29, 0.717) is 5.56 Å². The van der Waals surface area contributed by atoms with Crippen LogP contribution in [0.1, 0.15) is 31.1 Å². The van der Waals surface area contributed by atoms with Crippen molar-refractivity contribution in [2.24, 2.45) is 0 Å². The summed E-state index contributed by atoms with van der Waals surface area (Å²) in [6.07, 6.45) is 7.17. The van der Waals surface area contributed by atoms with Crippen LogP contribution in [0.3, 0.4) is 0 Å². The van der Waals surface area contributed by atoms with Gasteiger partial charge in [-0.25, -0.2) is 14.8 Å². The van der Waals surface area contributed by atoms with Gasteiger partial charge >= 0.3 is 5.97 Å². The Morgan fingerprint density at radius 3 is 2.48 bits per heavy atom. The minimum atomic E-state index is -0.381. The topological polar surface area (TPSA) is 73.4 Å². The number of rotatable bonds is 4. The van der Waals surface area contributed by atoms with Crippen LogP contribution >= 0.6 is 0 Å². The summed E-state index contributed by atoms with van der Waals surface area (Å²) in [7, 11) is 1.38. The Balaban J connectivity index is 1.84. The van der Waals surface area contributed by atoms with E-state index in [1.54, 1.807) is 24.8 Å². The SMILES string of the molecule is COC(=O)c1ccc2nc(-c3ccc(-n4ccnc4)cc3)c(NC(C)(C)C)n2c1. The second-order valence-electron chi connectivity index (χ2n) is 7.84. The standard InChI is InChI=1S/C22H23N5O2/c1-22(2,3)25-20-19(15-5-8-17(9-6-15)26-12-11-23-14-26)24-18-10-7-16(13-27(18)20)21(28)29-4/h5-14,25H,1-4H3. The zero-order valence-electron chi connectivity index (χ0n) is 16.9. The Kier molecular flexibility index (Phi) is 4.58. The normalized spacial score (nSPS) is 11.6. The lowest BCUT2D eigenvalue weighted by atomic mass is 10.1. The second-order valence-corrected chi connectivity index (χ2v) is 7.84. The molecule has 3 heterocycles. The number of ether oxygens (including phenoxy) is 1.